The molecule has 1 aromatic heterocycles. The Labute approximate surface area is 167 Å². The Bertz CT molecular complexity index is 837. The highest BCUT2D eigenvalue weighted by Gasteiger charge is 2.27. The number of aromatic nitrogens is 2. The first kappa shape index (κ1) is 20.5. The molecule has 1 aliphatic heterocycles. The van der Waals surface area contributed by atoms with Gasteiger partial charge in [0.2, 0.25) is 5.95 Å². The van der Waals surface area contributed by atoms with Crippen molar-refractivity contribution in [3.63, 3.8) is 0 Å². The van der Waals surface area contributed by atoms with Crippen LogP contribution in [0.2, 0.25) is 0 Å². The lowest BCUT2D eigenvalue weighted by Gasteiger charge is -2.26. The predicted octanol–water partition coefficient (Wildman–Crippen LogP) is 3.39. The minimum atomic E-state index is -0.260. The van der Waals surface area contributed by atoms with Crippen LogP contribution in [0.1, 0.15) is 44.4 Å². The number of esters is 1. The van der Waals surface area contributed by atoms with E-state index in [-0.39, 0.29) is 17.9 Å². The Morgan fingerprint density at radius 2 is 2.00 bits per heavy atom. The Morgan fingerprint density at radius 1 is 1.21 bits per heavy atom. The summed E-state index contributed by atoms with van der Waals surface area (Å²) in [7, 11) is 1.45. The van der Waals surface area contributed by atoms with E-state index in [4.69, 9.17) is 14.7 Å². The number of methoxy groups -OCH3 is 1. The molecule has 28 heavy (non-hydrogen) atoms. The molecule has 6 nitrogen and oxygen atoms in total. The van der Waals surface area contributed by atoms with E-state index in [0.29, 0.717) is 6.04 Å². The molecular formula is C22H32N4O2. The van der Waals surface area contributed by atoms with Gasteiger partial charge < -0.3 is 15.0 Å². The Hall–Kier alpha value is -2.21. The molecule has 0 amide bonds. The van der Waals surface area contributed by atoms with Gasteiger partial charge in [-0.15, -0.1) is 0 Å². The van der Waals surface area contributed by atoms with E-state index in [1.165, 1.54) is 12.7 Å². The predicted molar refractivity (Wildman–Crippen MR) is 113 cm³/mol. The normalized spacial score (nSPS) is 18.9. The zero-order valence-electron chi connectivity index (χ0n) is 17.7. The van der Waals surface area contributed by atoms with Crippen LogP contribution in [0.25, 0.3) is 10.9 Å². The maximum Gasteiger partial charge on any atom is 0.323 e. The smallest absolute Gasteiger partial charge is 0.323 e. The Balaban J connectivity index is 1.73. The molecule has 1 N–H and O–H groups in total. The third kappa shape index (κ3) is 4.61. The molecule has 1 unspecified atom stereocenters. The summed E-state index contributed by atoms with van der Waals surface area (Å²) >= 11 is 0. The molecule has 1 aliphatic rings. The van der Waals surface area contributed by atoms with Crippen molar-refractivity contribution in [1.82, 2.24) is 15.3 Å². The number of fused-ring (bicyclic) bond motifs is 1. The number of ether oxygens (including phenoxy) is 1. The van der Waals surface area contributed by atoms with Crippen molar-refractivity contribution in [2.45, 2.75) is 59.0 Å². The molecule has 0 radical (unpaired) electrons. The van der Waals surface area contributed by atoms with E-state index >= 15 is 0 Å². The maximum absolute atomic E-state index is 12.1. The first-order chi connectivity index (χ1) is 13.4. The molecule has 2 atom stereocenters. The number of carbonyl (C=O) groups is 1. The summed E-state index contributed by atoms with van der Waals surface area (Å²) in [4.78, 5) is 24.0. The second kappa shape index (κ2) is 8.86. The third-order valence-corrected chi connectivity index (χ3v) is 5.58. The van der Waals surface area contributed by atoms with Crippen molar-refractivity contribution >= 4 is 22.8 Å². The fraction of sp³-hybridized carbons (Fsp3) is 0.591. The van der Waals surface area contributed by atoms with Crippen molar-refractivity contribution in [2.75, 3.05) is 25.1 Å². The second-order valence-electron chi connectivity index (χ2n) is 8.16. The topological polar surface area (TPSA) is 67.3 Å². The van der Waals surface area contributed by atoms with Crippen molar-refractivity contribution in [3.05, 3.63) is 29.5 Å². The second-order valence-corrected chi connectivity index (χ2v) is 8.16. The molecule has 2 heterocycles. The van der Waals surface area contributed by atoms with Gasteiger partial charge in [0, 0.05) is 24.5 Å². The number of hydrogen-bond donors (Lipinski definition) is 1. The third-order valence-electron chi connectivity index (χ3n) is 5.58. The molecule has 1 aromatic carbocycles. The van der Waals surface area contributed by atoms with Gasteiger partial charge in [-0.1, -0.05) is 26.0 Å². The van der Waals surface area contributed by atoms with Crippen molar-refractivity contribution in [3.8, 4) is 0 Å². The van der Waals surface area contributed by atoms with Gasteiger partial charge in [0.15, 0.2) is 0 Å². The van der Waals surface area contributed by atoms with Crippen LogP contribution >= 0.6 is 0 Å². The van der Waals surface area contributed by atoms with E-state index < -0.39 is 0 Å². The quantitative estimate of drug-likeness (QED) is 0.797. The highest BCUT2D eigenvalue weighted by molar-refractivity contribution is 5.82. The SMILES string of the molecule is COC(=O)[C@@H](NC1CCCN(c2nc(C)c3ccc(C)cc3n2)CC1)C(C)C. The number of rotatable bonds is 5. The van der Waals surface area contributed by atoms with Gasteiger partial charge in [0.1, 0.15) is 6.04 Å². The first-order valence-corrected chi connectivity index (χ1v) is 10.2. The maximum atomic E-state index is 12.1. The highest BCUT2D eigenvalue weighted by Crippen LogP contribution is 2.23. The fourth-order valence-electron chi connectivity index (χ4n) is 3.90. The summed E-state index contributed by atoms with van der Waals surface area (Å²) in [6.07, 6.45) is 3.02. The van der Waals surface area contributed by atoms with Gasteiger partial charge in [-0.2, -0.15) is 0 Å². The summed E-state index contributed by atoms with van der Waals surface area (Å²) in [5.41, 5.74) is 3.23. The average molecular weight is 385 g/mol. The average Bonchev–Trinajstić information content (AvgIpc) is 2.90. The van der Waals surface area contributed by atoms with Crippen LogP contribution in [0.15, 0.2) is 18.2 Å². The number of hydrogen-bond acceptors (Lipinski definition) is 6. The monoisotopic (exact) mass is 384 g/mol. The number of aryl methyl sites for hydroxylation is 2. The summed E-state index contributed by atoms with van der Waals surface area (Å²) in [5.74, 6) is 0.825. The lowest BCUT2D eigenvalue weighted by molar-refractivity contribution is -0.144. The number of anilines is 1. The van der Waals surface area contributed by atoms with Crippen LogP contribution < -0.4 is 10.2 Å². The summed E-state index contributed by atoms with van der Waals surface area (Å²) in [5, 5.41) is 4.64. The van der Waals surface area contributed by atoms with Crippen molar-refractivity contribution < 1.29 is 9.53 Å². The van der Waals surface area contributed by atoms with Crippen LogP contribution in [-0.4, -0.2) is 48.2 Å². The summed E-state index contributed by atoms with van der Waals surface area (Å²) in [6.45, 7) is 10.0. The van der Waals surface area contributed by atoms with E-state index in [0.717, 1.165) is 54.9 Å². The molecule has 152 valence electrons. The molecule has 3 rings (SSSR count). The number of carbonyl (C=O) groups excluding carboxylic acids is 1. The van der Waals surface area contributed by atoms with E-state index in [9.17, 15) is 4.79 Å². The Kier molecular flexibility index (Phi) is 6.50. The molecular weight excluding hydrogens is 352 g/mol. The minimum Gasteiger partial charge on any atom is -0.468 e. The summed E-state index contributed by atoms with van der Waals surface area (Å²) in [6, 6.07) is 6.36. The molecule has 0 bridgehead atoms. The first-order valence-electron chi connectivity index (χ1n) is 10.2. The molecule has 0 spiro atoms. The summed E-state index contributed by atoms with van der Waals surface area (Å²) < 4.78 is 4.97. The van der Waals surface area contributed by atoms with Gasteiger partial charge in [-0.05, 0) is 50.7 Å². The number of nitrogens with zero attached hydrogens (tertiary/aromatic N) is 3. The van der Waals surface area contributed by atoms with E-state index in [2.05, 4.69) is 42.3 Å². The van der Waals surface area contributed by atoms with E-state index in [1.54, 1.807) is 0 Å². The molecule has 2 aromatic rings. The van der Waals surface area contributed by atoms with Crippen LogP contribution in [0.4, 0.5) is 5.95 Å². The van der Waals surface area contributed by atoms with Gasteiger partial charge in [0.25, 0.3) is 0 Å². The molecule has 0 saturated carbocycles. The van der Waals surface area contributed by atoms with Crippen molar-refractivity contribution in [2.24, 2.45) is 5.92 Å². The van der Waals surface area contributed by atoms with Gasteiger partial charge >= 0.3 is 5.97 Å². The van der Waals surface area contributed by atoms with Crippen LogP contribution in [0.3, 0.4) is 0 Å². The Morgan fingerprint density at radius 3 is 2.71 bits per heavy atom. The van der Waals surface area contributed by atoms with Gasteiger partial charge in [0.05, 0.1) is 18.3 Å². The molecule has 1 fully saturated rings. The van der Waals surface area contributed by atoms with E-state index in [1.807, 2.05) is 13.8 Å². The van der Waals surface area contributed by atoms with Crippen LogP contribution in [0.5, 0.6) is 0 Å². The lowest BCUT2D eigenvalue weighted by atomic mass is 10.0. The van der Waals surface area contributed by atoms with Crippen LogP contribution in [-0.2, 0) is 9.53 Å². The van der Waals surface area contributed by atoms with Crippen molar-refractivity contribution in [1.29, 1.82) is 0 Å². The highest BCUT2D eigenvalue weighted by atomic mass is 16.5. The number of benzene rings is 1. The van der Waals surface area contributed by atoms with Gasteiger partial charge in [-0.3, -0.25) is 4.79 Å². The molecule has 1 saturated heterocycles. The van der Waals surface area contributed by atoms with Gasteiger partial charge in [-0.25, -0.2) is 9.97 Å². The molecule has 0 aliphatic carbocycles. The number of nitrogens with one attached hydrogen (secondary N) is 1. The lowest BCUT2D eigenvalue weighted by Crippen LogP contribution is -2.47. The zero-order valence-corrected chi connectivity index (χ0v) is 17.7. The largest absolute Gasteiger partial charge is 0.468 e. The van der Waals surface area contributed by atoms with Crippen LogP contribution in [0, 0.1) is 19.8 Å². The fourth-order valence-corrected chi connectivity index (χ4v) is 3.90. The minimum absolute atomic E-state index is 0.181. The molecule has 6 heteroatoms. The zero-order chi connectivity index (χ0) is 20.3. The standard InChI is InChI=1S/C22H32N4O2/c1-14(2)20(21(27)28-5)24-17-7-6-11-26(12-10-17)22-23-16(4)18-9-8-15(3)13-19(18)25-22/h8-9,13-14,17,20,24H,6-7,10-12H2,1-5H3/t17?,20-/m0/s1.